The molecule has 2 aliphatic heterocycles. The number of nitrogens with zero attached hydrogens (tertiary/aromatic N) is 1. The number of halogens is 7. The van der Waals surface area contributed by atoms with Crippen molar-refractivity contribution in [2.24, 2.45) is 11.8 Å². The number of benzene rings is 2. The van der Waals surface area contributed by atoms with Crippen molar-refractivity contribution in [2.75, 3.05) is 26.2 Å². The first kappa shape index (κ1) is 30.6. The summed E-state index contributed by atoms with van der Waals surface area (Å²) < 4.78 is 93.0. The summed E-state index contributed by atoms with van der Waals surface area (Å²) in [4.78, 5) is 13.5. The summed E-state index contributed by atoms with van der Waals surface area (Å²) in [6, 6.07) is 6.69. The first-order valence-corrected chi connectivity index (χ1v) is 13.8. The van der Waals surface area contributed by atoms with E-state index in [0.717, 1.165) is 13.0 Å². The average Bonchev–Trinajstić information content (AvgIpc) is 2.89. The number of carboxylic acids is 1. The van der Waals surface area contributed by atoms with E-state index in [2.05, 4.69) is 20.8 Å². The molecule has 5 nitrogen and oxygen atoms in total. The molecule has 0 spiro atoms. The Kier molecular flexibility index (Phi) is 9.41. The lowest BCUT2D eigenvalue weighted by Crippen LogP contribution is -2.40. The predicted octanol–water partition coefficient (Wildman–Crippen LogP) is 7.89. The van der Waals surface area contributed by atoms with Crippen LogP contribution >= 0.6 is 15.9 Å². The quantitative estimate of drug-likeness (QED) is 0.313. The van der Waals surface area contributed by atoms with Crippen LogP contribution in [0.5, 0.6) is 5.75 Å². The van der Waals surface area contributed by atoms with Gasteiger partial charge in [-0.2, -0.15) is 26.3 Å². The van der Waals surface area contributed by atoms with Gasteiger partial charge in [-0.05, 0) is 97.4 Å². The van der Waals surface area contributed by atoms with Crippen LogP contribution in [-0.2, 0) is 21.9 Å². The van der Waals surface area contributed by atoms with E-state index in [1.54, 1.807) is 18.2 Å². The molecule has 0 radical (unpaired) electrons. The molecule has 2 aromatic carbocycles. The monoisotopic (exact) mass is 637 g/mol. The van der Waals surface area contributed by atoms with Gasteiger partial charge >= 0.3 is 18.3 Å². The van der Waals surface area contributed by atoms with E-state index in [1.165, 1.54) is 6.92 Å². The summed E-state index contributed by atoms with van der Waals surface area (Å²) in [6.07, 6.45) is -8.76. The number of ether oxygens (including phenoxy) is 2. The van der Waals surface area contributed by atoms with Gasteiger partial charge in [0.05, 0.1) is 27.6 Å². The molecular formula is C28H30BrF6NO4. The Balaban J connectivity index is 1.52. The first-order valence-electron chi connectivity index (χ1n) is 13.0. The fourth-order valence-corrected chi connectivity index (χ4v) is 5.81. The van der Waals surface area contributed by atoms with E-state index >= 15 is 0 Å². The molecule has 12 heteroatoms. The number of hydrogen-bond donors (Lipinski definition) is 1. The molecular weight excluding hydrogens is 608 g/mol. The molecule has 2 saturated heterocycles. The number of carbonyl (C=O) groups is 1. The molecule has 0 bridgehead atoms. The zero-order valence-electron chi connectivity index (χ0n) is 21.7. The second kappa shape index (κ2) is 12.3. The molecule has 1 N–H and O–H groups in total. The van der Waals surface area contributed by atoms with Crippen molar-refractivity contribution in [3.63, 3.8) is 0 Å². The fraction of sp³-hybridized carbons (Fsp3) is 0.536. The normalized spacial score (nSPS) is 22.2. The molecule has 2 fully saturated rings. The zero-order valence-corrected chi connectivity index (χ0v) is 23.3. The van der Waals surface area contributed by atoms with E-state index < -0.39 is 35.6 Å². The summed E-state index contributed by atoms with van der Waals surface area (Å²) in [6.45, 7) is 4.09. The van der Waals surface area contributed by atoms with Crippen LogP contribution in [-0.4, -0.2) is 42.2 Å². The van der Waals surface area contributed by atoms with Gasteiger partial charge in [-0.15, -0.1) is 0 Å². The minimum absolute atomic E-state index is 0.0975. The maximum atomic E-state index is 13.4. The molecule has 3 unspecified atom stereocenters. The van der Waals surface area contributed by atoms with Crippen LogP contribution in [0.1, 0.15) is 67.1 Å². The molecule has 0 aliphatic carbocycles. The van der Waals surface area contributed by atoms with Crippen molar-refractivity contribution >= 4 is 21.9 Å². The second-order valence-corrected chi connectivity index (χ2v) is 11.3. The first-order chi connectivity index (χ1) is 18.7. The number of piperidine rings is 1. The van der Waals surface area contributed by atoms with Crippen LogP contribution in [0.4, 0.5) is 26.3 Å². The highest BCUT2D eigenvalue weighted by molar-refractivity contribution is 9.10. The lowest BCUT2D eigenvalue weighted by Gasteiger charge is -2.36. The van der Waals surface area contributed by atoms with Crippen molar-refractivity contribution in [3.05, 3.63) is 63.1 Å². The van der Waals surface area contributed by atoms with Crippen molar-refractivity contribution in [1.29, 1.82) is 0 Å². The van der Waals surface area contributed by atoms with Crippen LogP contribution < -0.4 is 4.74 Å². The van der Waals surface area contributed by atoms with Crippen molar-refractivity contribution in [3.8, 4) is 5.75 Å². The maximum absolute atomic E-state index is 13.4. The van der Waals surface area contributed by atoms with Gasteiger partial charge in [0.1, 0.15) is 11.9 Å². The van der Waals surface area contributed by atoms with Crippen LogP contribution in [0.3, 0.4) is 0 Å². The average molecular weight is 638 g/mol. The van der Waals surface area contributed by atoms with Gasteiger partial charge in [-0.25, -0.2) is 0 Å². The minimum atomic E-state index is -4.96. The summed E-state index contributed by atoms with van der Waals surface area (Å²) in [5.41, 5.74) is -2.40. The third kappa shape index (κ3) is 7.50. The van der Waals surface area contributed by atoms with Gasteiger partial charge in [0.15, 0.2) is 0 Å². The van der Waals surface area contributed by atoms with E-state index in [1.807, 2.05) is 0 Å². The summed E-state index contributed by atoms with van der Waals surface area (Å²) in [7, 11) is 0. The Hall–Kier alpha value is -2.31. The lowest BCUT2D eigenvalue weighted by atomic mass is 9.89. The zero-order chi connectivity index (χ0) is 29.2. The molecule has 2 aliphatic rings. The Morgan fingerprint density at radius 2 is 1.70 bits per heavy atom. The maximum Gasteiger partial charge on any atom is 0.416 e. The minimum Gasteiger partial charge on any atom is -0.484 e. The molecule has 0 aromatic heterocycles. The largest absolute Gasteiger partial charge is 0.484 e. The van der Waals surface area contributed by atoms with Gasteiger partial charge in [-0.3, -0.25) is 4.79 Å². The third-order valence-electron chi connectivity index (χ3n) is 7.56. The standard InChI is InChI=1S/C28H30BrF6NO4/c1-16(19-12-20(27(30,31)32)14-21(13-19)28(33,34)35)40-25-22(3-2-4-23(25)29)24-11-17(7-10-39-24)15-36-8-5-18(6-9-36)26(37)38/h2-4,12-14,16-18,24H,5-11,15H2,1H3,(H,37,38). The molecule has 220 valence electrons. The summed E-state index contributed by atoms with van der Waals surface area (Å²) >= 11 is 3.42. The Morgan fingerprint density at radius 3 is 2.27 bits per heavy atom. The van der Waals surface area contributed by atoms with E-state index in [0.29, 0.717) is 66.9 Å². The smallest absolute Gasteiger partial charge is 0.416 e. The topological polar surface area (TPSA) is 59.0 Å². The molecule has 0 amide bonds. The van der Waals surface area contributed by atoms with Gasteiger partial charge in [0.2, 0.25) is 0 Å². The van der Waals surface area contributed by atoms with Crippen LogP contribution in [0.2, 0.25) is 0 Å². The Morgan fingerprint density at radius 1 is 1.07 bits per heavy atom. The van der Waals surface area contributed by atoms with Gasteiger partial charge < -0.3 is 19.5 Å². The van der Waals surface area contributed by atoms with Gasteiger partial charge in [-0.1, -0.05) is 12.1 Å². The number of alkyl halides is 6. The van der Waals surface area contributed by atoms with Crippen molar-refractivity contribution in [1.82, 2.24) is 4.90 Å². The highest BCUT2D eigenvalue weighted by atomic mass is 79.9. The van der Waals surface area contributed by atoms with Crippen LogP contribution in [0.25, 0.3) is 0 Å². The molecule has 2 heterocycles. The van der Waals surface area contributed by atoms with E-state index in [4.69, 9.17) is 9.47 Å². The third-order valence-corrected chi connectivity index (χ3v) is 8.19. The Labute approximate surface area is 236 Å². The highest BCUT2D eigenvalue weighted by Gasteiger charge is 2.38. The second-order valence-electron chi connectivity index (χ2n) is 10.4. The van der Waals surface area contributed by atoms with Crippen molar-refractivity contribution < 1.29 is 45.7 Å². The fourth-order valence-electron chi connectivity index (χ4n) is 5.34. The molecule has 3 atom stereocenters. The van der Waals surface area contributed by atoms with Crippen molar-refractivity contribution in [2.45, 2.75) is 57.2 Å². The number of hydrogen-bond acceptors (Lipinski definition) is 4. The number of aliphatic carboxylic acids is 1. The summed E-state index contributed by atoms with van der Waals surface area (Å²) in [5.74, 6) is -0.510. The molecule has 4 rings (SSSR count). The number of para-hydroxylation sites is 1. The highest BCUT2D eigenvalue weighted by Crippen LogP contribution is 2.43. The summed E-state index contributed by atoms with van der Waals surface area (Å²) in [5, 5.41) is 9.24. The van der Waals surface area contributed by atoms with E-state index in [-0.39, 0.29) is 29.6 Å². The molecule has 2 aromatic rings. The Bertz CT molecular complexity index is 1160. The number of likely N-dealkylation sites (tertiary alicyclic amines) is 1. The molecule has 0 saturated carbocycles. The van der Waals surface area contributed by atoms with Crippen LogP contribution in [0, 0.1) is 11.8 Å². The number of carboxylic acid groups (broad SMARTS) is 1. The number of rotatable bonds is 7. The lowest BCUT2D eigenvalue weighted by molar-refractivity contribution is -0.144. The van der Waals surface area contributed by atoms with Gasteiger partial charge in [0.25, 0.3) is 0 Å². The predicted molar refractivity (Wildman–Crippen MR) is 138 cm³/mol. The van der Waals surface area contributed by atoms with Crippen LogP contribution in [0.15, 0.2) is 40.9 Å². The van der Waals surface area contributed by atoms with Gasteiger partial charge in [0, 0.05) is 18.7 Å². The molecule has 40 heavy (non-hydrogen) atoms. The SMILES string of the molecule is CC(Oc1c(Br)cccc1C1CC(CN2CCC(C(=O)O)CC2)CCO1)c1cc(C(F)(F)F)cc(C(F)(F)F)c1. The van der Waals surface area contributed by atoms with E-state index in [9.17, 15) is 36.2 Å².